The van der Waals surface area contributed by atoms with Gasteiger partial charge in [-0.1, -0.05) is 46.5 Å². The molecule has 0 aliphatic rings. The molecule has 6 nitrogen and oxygen atoms in total. The van der Waals surface area contributed by atoms with Gasteiger partial charge in [0.15, 0.2) is 0 Å². The van der Waals surface area contributed by atoms with Gasteiger partial charge in [0, 0.05) is 24.3 Å². The monoisotopic (exact) mass is 474 g/mol. The molecule has 182 valence electrons. The summed E-state index contributed by atoms with van der Waals surface area (Å²) in [5.41, 5.74) is 1.06. The second-order valence-corrected chi connectivity index (χ2v) is 10.1. The lowest BCUT2D eigenvalue weighted by atomic mass is 10.1. The molecule has 1 N–H and O–H groups in total. The Bertz CT molecular complexity index is 935. The lowest BCUT2D eigenvalue weighted by molar-refractivity contribution is 0.102. The Morgan fingerprint density at radius 2 is 1.42 bits per heavy atom. The van der Waals surface area contributed by atoms with Crippen LogP contribution in [-0.4, -0.2) is 38.3 Å². The van der Waals surface area contributed by atoms with Crippen LogP contribution in [0.5, 0.6) is 5.75 Å². The molecule has 0 saturated heterocycles. The Morgan fingerprint density at radius 3 is 2.00 bits per heavy atom. The fourth-order valence-electron chi connectivity index (χ4n) is 3.51. The van der Waals surface area contributed by atoms with E-state index in [1.54, 1.807) is 48.5 Å². The third-order valence-electron chi connectivity index (χ3n) is 5.33. The molecule has 0 aliphatic carbocycles. The number of carbonyl (C=O) groups excluding carboxylic acids is 1. The van der Waals surface area contributed by atoms with Gasteiger partial charge in [0.1, 0.15) is 5.75 Å². The molecule has 0 saturated carbocycles. The van der Waals surface area contributed by atoms with Gasteiger partial charge in [0.05, 0.1) is 11.5 Å². The van der Waals surface area contributed by atoms with Gasteiger partial charge < -0.3 is 10.1 Å². The van der Waals surface area contributed by atoms with Crippen molar-refractivity contribution in [1.29, 1.82) is 0 Å². The maximum absolute atomic E-state index is 12.9. The normalized spacial score (nSPS) is 11.5. The smallest absolute Gasteiger partial charge is 0.255 e. The van der Waals surface area contributed by atoms with Crippen molar-refractivity contribution in [3.8, 4) is 5.75 Å². The van der Waals surface area contributed by atoms with Crippen LogP contribution in [0.1, 0.15) is 76.1 Å². The molecule has 0 heterocycles. The number of nitrogens with zero attached hydrogens (tertiary/aromatic N) is 1. The molecular formula is C26H38N2O4S. The summed E-state index contributed by atoms with van der Waals surface area (Å²) in [6.45, 7) is 7.79. The van der Waals surface area contributed by atoms with Crippen LogP contribution >= 0.6 is 0 Å². The number of carbonyl (C=O) groups is 1. The van der Waals surface area contributed by atoms with E-state index in [9.17, 15) is 13.2 Å². The van der Waals surface area contributed by atoms with Crippen LogP contribution in [0.25, 0.3) is 0 Å². The molecule has 7 heteroatoms. The van der Waals surface area contributed by atoms with Crippen molar-refractivity contribution in [3.63, 3.8) is 0 Å². The molecule has 0 atom stereocenters. The largest absolute Gasteiger partial charge is 0.494 e. The second-order valence-electron chi connectivity index (χ2n) is 8.17. The highest BCUT2D eigenvalue weighted by molar-refractivity contribution is 7.89. The number of ether oxygens (including phenoxy) is 1. The predicted molar refractivity (Wildman–Crippen MR) is 134 cm³/mol. The number of rotatable bonds is 15. The molecule has 2 rings (SSSR count). The Morgan fingerprint density at radius 1 is 0.818 bits per heavy atom. The van der Waals surface area contributed by atoms with Crippen molar-refractivity contribution in [2.24, 2.45) is 0 Å². The number of anilines is 1. The van der Waals surface area contributed by atoms with Gasteiger partial charge in [-0.3, -0.25) is 4.79 Å². The summed E-state index contributed by atoms with van der Waals surface area (Å²) in [5, 5.41) is 2.82. The molecule has 0 aliphatic heterocycles. The zero-order valence-electron chi connectivity index (χ0n) is 20.2. The lowest BCUT2D eigenvalue weighted by Crippen LogP contribution is -2.32. The molecule has 0 bridgehead atoms. The van der Waals surface area contributed by atoms with Gasteiger partial charge in [-0.15, -0.1) is 0 Å². The summed E-state index contributed by atoms with van der Waals surface area (Å²) >= 11 is 0. The van der Waals surface area contributed by atoms with E-state index in [1.807, 2.05) is 13.8 Å². The fraction of sp³-hybridized carbons (Fsp3) is 0.500. The maximum atomic E-state index is 12.9. The van der Waals surface area contributed by atoms with Crippen molar-refractivity contribution < 1.29 is 17.9 Å². The maximum Gasteiger partial charge on any atom is 0.255 e. The van der Waals surface area contributed by atoms with Gasteiger partial charge in [-0.2, -0.15) is 4.31 Å². The Balaban J connectivity index is 1.92. The van der Waals surface area contributed by atoms with Gasteiger partial charge in [0.25, 0.3) is 5.91 Å². The molecule has 0 unspecified atom stereocenters. The van der Waals surface area contributed by atoms with Crippen molar-refractivity contribution >= 4 is 21.6 Å². The summed E-state index contributed by atoms with van der Waals surface area (Å²) in [6.07, 6.45) is 7.45. The van der Waals surface area contributed by atoms with Crippen LogP contribution in [-0.2, 0) is 10.0 Å². The van der Waals surface area contributed by atoms with E-state index in [0.717, 1.165) is 25.0 Å². The van der Waals surface area contributed by atoms with Crippen molar-refractivity contribution in [3.05, 3.63) is 54.1 Å². The van der Waals surface area contributed by atoms with Crippen LogP contribution in [0.2, 0.25) is 0 Å². The van der Waals surface area contributed by atoms with E-state index in [0.29, 0.717) is 30.9 Å². The van der Waals surface area contributed by atoms with Crippen LogP contribution < -0.4 is 10.1 Å². The second kappa shape index (κ2) is 14.0. The topological polar surface area (TPSA) is 75.7 Å². The van der Waals surface area contributed by atoms with E-state index in [2.05, 4.69) is 12.2 Å². The Labute approximate surface area is 199 Å². The SMILES string of the molecule is CCCCCCCOc1ccc(C(=O)Nc2ccc(S(=O)(=O)N(CCC)CCC)cc2)cc1. The van der Waals surface area contributed by atoms with Crippen molar-refractivity contribution in [1.82, 2.24) is 4.31 Å². The van der Waals surface area contributed by atoms with Crippen LogP contribution in [0, 0.1) is 0 Å². The number of hydrogen-bond donors (Lipinski definition) is 1. The molecule has 0 aromatic heterocycles. The van der Waals surface area contributed by atoms with E-state index < -0.39 is 10.0 Å². The average Bonchev–Trinajstić information content (AvgIpc) is 2.82. The highest BCUT2D eigenvalue weighted by Crippen LogP contribution is 2.20. The third kappa shape index (κ3) is 8.48. The van der Waals surface area contributed by atoms with Crippen LogP contribution in [0.15, 0.2) is 53.4 Å². The van der Waals surface area contributed by atoms with Gasteiger partial charge in [-0.25, -0.2) is 8.42 Å². The highest BCUT2D eigenvalue weighted by Gasteiger charge is 2.22. The minimum absolute atomic E-state index is 0.235. The van der Waals surface area contributed by atoms with Crippen LogP contribution in [0.4, 0.5) is 5.69 Å². The summed E-state index contributed by atoms with van der Waals surface area (Å²) in [4.78, 5) is 12.8. The Kier molecular flexibility index (Phi) is 11.4. The minimum Gasteiger partial charge on any atom is -0.494 e. The zero-order valence-corrected chi connectivity index (χ0v) is 21.0. The number of nitrogens with one attached hydrogen (secondary N) is 1. The number of amides is 1. The highest BCUT2D eigenvalue weighted by atomic mass is 32.2. The first-order chi connectivity index (χ1) is 15.9. The zero-order chi connectivity index (χ0) is 24.1. The summed E-state index contributed by atoms with van der Waals surface area (Å²) in [6, 6.07) is 13.4. The minimum atomic E-state index is -3.54. The number of benzene rings is 2. The first-order valence-electron chi connectivity index (χ1n) is 12.1. The third-order valence-corrected chi connectivity index (χ3v) is 7.24. The van der Waals surface area contributed by atoms with E-state index >= 15 is 0 Å². The molecule has 0 fully saturated rings. The molecule has 0 radical (unpaired) electrons. The Hall–Kier alpha value is -2.38. The van der Waals surface area contributed by atoms with E-state index in [4.69, 9.17) is 4.74 Å². The molecule has 33 heavy (non-hydrogen) atoms. The number of sulfonamides is 1. The predicted octanol–water partition coefficient (Wildman–Crippen LogP) is 6.10. The lowest BCUT2D eigenvalue weighted by Gasteiger charge is -2.21. The van der Waals surface area contributed by atoms with Crippen molar-refractivity contribution in [2.75, 3.05) is 25.0 Å². The first-order valence-corrected chi connectivity index (χ1v) is 13.5. The number of unbranched alkanes of at least 4 members (excludes halogenated alkanes) is 4. The van der Waals surface area contributed by atoms with Gasteiger partial charge >= 0.3 is 0 Å². The molecule has 0 spiro atoms. The number of hydrogen-bond acceptors (Lipinski definition) is 4. The molecular weight excluding hydrogens is 436 g/mol. The van der Waals surface area contributed by atoms with E-state index in [-0.39, 0.29) is 10.8 Å². The van der Waals surface area contributed by atoms with Gasteiger partial charge in [-0.05, 0) is 67.8 Å². The molecule has 1 amide bonds. The first kappa shape index (κ1) is 26.9. The average molecular weight is 475 g/mol. The van der Waals surface area contributed by atoms with Gasteiger partial charge in [0.2, 0.25) is 10.0 Å². The van der Waals surface area contributed by atoms with Crippen LogP contribution in [0.3, 0.4) is 0 Å². The van der Waals surface area contributed by atoms with E-state index in [1.165, 1.54) is 30.0 Å². The fourth-order valence-corrected chi connectivity index (χ4v) is 5.14. The summed E-state index contributed by atoms with van der Waals surface area (Å²) < 4.78 is 33.0. The molecule has 2 aromatic carbocycles. The summed E-state index contributed by atoms with van der Waals surface area (Å²) in [7, 11) is -3.54. The van der Waals surface area contributed by atoms with Crippen molar-refractivity contribution in [2.45, 2.75) is 70.6 Å². The molecule has 2 aromatic rings. The standard InChI is InChI=1S/C26H38N2O4S/c1-4-7-8-9-10-21-32-24-15-11-22(12-16-24)26(29)27-23-13-17-25(18-14-23)33(30,31)28(19-5-2)20-6-3/h11-18H,4-10,19-21H2,1-3H3,(H,27,29). The quantitative estimate of drug-likeness (QED) is 0.317. The summed E-state index contributed by atoms with van der Waals surface area (Å²) in [5.74, 6) is 0.496.